The molecule has 0 aromatic carbocycles. The van der Waals surface area contributed by atoms with E-state index in [0.29, 0.717) is 0 Å². The molecule has 0 saturated carbocycles. The molecule has 2 nitrogen and oxygen atoms in total. The number of hydrogen-bond donors (Lipinski definition) is 0. The standard InChI is InChI=1S/C4H10NO/c1-4(2,5)6-3/h5H,1-3H3. The van der Waals surface area contributed by atoms with Crippen molar-refractivity contribution in [1.29, 1.82) is 0 Å². The van der Waals surface area contributed by atoms with Crippen molar-refractivity contribution in [1.82, 2.24) is 5.73 Å². The Labute approximate surface area is 38.3 Å². The van der Waals surface area contributed by atoms with Crippen LogP contribution in [-0.4, -0.2) is 12.8 Å². The van der Waals surface area contributed by atoms with E-state index in [1.165, 1.54) is 7.11 Å². The van der Waals surface area contributed by atoms with Crippen LogP contribution in [0.4, 0.5) is 0 Å². The van der Waals surface area contributed by atoms with Gasteiger partial charge in [0.05, 0.1) is 0 Å². The van der Waals surface area contributed by atoms with Crippen molar-refractivity contribution >= 4 is 0 Å². The maximum absolute atomic E-state index is 6.96. The van der Waals surface area contributed by atoms with Gasteiger partial charge >= 0.3 is 0 Å². The van der Waals surface area contributed by atoms with Gasteiger partial charge in [-0.15, -0.1) is 0 Å². The number of nitrogens with one attached hydrogen (secondary N) is 1. The summed E-state index contributed by atoms with van der Waals surface area (Å²) in [4.78, 5) is 0. The Balaban J connectivity index is 3.17. The molecule has 0 amide bonds. The van der Waals surface area contributed by atoms with Crippen molar-refractivity contribution in [2.24, 2.45) is 0 Å². The molecule has 0 unspecified atom stereocenters. The first kappa shape index (κ1) is 5.92. The molecule has 0 aromatic heterocycles. The molecule has 0 heterocycles. The molecule has 0 aromatic rings. The van der Waals surface area contributed by atoms with E-state index < -0.39 is 5.72 Å². The predicted molar refractivity (Wildman–Crippen MR) is 24.2 cm³/mol. The van der Waals surface area contributed by atoms with E-state index >= 15 is 0 Å². The first-order chi connectivity index (χ1) is 2.56. The van der Waals surface area contributed by atoms with Crippen LogP contribution >= 0.6 is 0 Å². The van der Waals surface area contributed by atoms with E-state index in [1.54, 1.807) is 13.8 Å². The quantitative estimate of drug-likeness (QED) is 0.463. The molecule has 1 radical (unpaired) electrons. The lowest BCUT2D eigenvalue weighted by molar-refractivity contribution is 0.0217. The zero-order valence-electron chi connectivity index (χ0n) is 4.41. The van der Waals surface area contributed by atoms with Gasteiger partial charge < -0.3 is 4.74 Å². The Bertz CT molecular complexity index is 37.3. The fourth-order valence-electron chi connectivity index (χ4n) is 0. The van der Waals surface area contributed by atoms with Crippen LogP contribution < -0.4 is 5.73 Å². The Kier molecular flexibility index (Phi) is 1.56. The van der Waals surface area contributed by atoms with Crippen molar-refractivity contribution in [3.05, 3.63) is 0 Å². The summed E-state index contributed by atoms with van der Waals surface area (Å²) >= 11 is 0. The fourth-order valence-corrected chi connectivity index (χ4v) is 0. The molecule has 0 bridgehead atoms. The lowest BCUT2D eigenvalue weighted by atomic mass is 10.3. The van der Waals surface area contributed by atoms with Crippen LogP contribution in [0.5, 0.6) is 0 Å². The normalized spacial score (nSPS) is 12.0. The molecule has 0 aliphatic carbocycles. The lowest BCUT2D eigenvalue weighted by Gasteiger charge is -2.12. The van der Waals surface area contributed by atoms with Crippen LogP contribution in [-0.2, 0) is 4.74 Å². The van der Waals surface area contributed by atoms with Crippen LogP contribution in [0.3, 0.4) is 0 Å². The predicted octanol–water partition coefficient (Wildman–Crippen LogP) is 0.652. The van der Waals surface area contributed by atoms with Gasteiger partial charge in [0.15, 0.2) is 0 Å². The SMILES string of the molecule is COC(C)(C)[NH]. The minimum absolute atomic E-state index is 0.708. The number of ether oxygens (including phenoxy) is 1. The molecule has 0 aliphatic rings. The van der Waals surface area contributed by atoms with Crippen molar-refractivity contribution in [3.8, 4) is 0 Å². The zero-order chi connectivity index (χ0) is 5.21. The van der Waals surface area contributed by atoms with E-state index in [2.05, 4.69) is 4.74 Å². The molecule has 2 heteroatoms. The molecule has 0 spiro atoms. The van der Waals surface area contributed by atoms with Crippen molar-refractivity contribution in [3.63, 3.8) is 0 Å². The molecule has 6 heavy (non-hydrogen) atoms. The van der Waals surface area contributed by atoms with E-state index in [9.17, 15) is 0 Å². The Morgan fingerprint density at radius 2 is 1.67 bits per heavy atom. The summed E-state index contributed by atoms with van der Waals surface area (Å²) in [5.41, 5.74) is 6.25. The summed E-state index contributed by atoms with van der Waals surface area (Å²) in [5, 5.41) is 0. The number of rotatable bonds is 1. The van der Waals surface area contributed by atoms with E-state index in [-0.39, 0.29) is 0 Å². The first-order valence-corrected chi connectivity index (χ1v) is 1.86. The molecule has 0 rings (SSSR count). The van der Waals surface area contributed by atoms with E-state index in [0.717, 1.165) is 0 Å². The molecule has 1 N–H and O–H groups in total. The van der Waals surface area contributed by atoms with E-state index in [1.807, 2.05) is 0 Å². The summed E-state index contributed by atoms with van der Waals surface area (Å²) in [5.74, 6) is 0. The molecular weight excluding hydrogens is 78.0 g/mol. The Morgan fingerprint density at radius 3 is 1.67 bits per heavy atom. The highest BCUT2D eigenvalue weighted by Gasteiger charge is 2.05. The van der Waals surface area contributed by atoms with Crippen LogP contribution in [0.1, 0.15) is 13.8 Å². The summed E-state index contributed by atoms with van der Waals surface area (Å²) in [6.45, 7) is 3.38. The number of methoxy groups -OCH3 is 1. The second kappa shape index (κ2) is 1.58. The van der Waals surface area contributed by atoms with Crippen LogP contribution in [0, 0.1) is 0 Å². The van der Waals surface area contributed by atoms with Gasteiger partial charge in [0.25, 0.3) is 0 Å². The zero-order valence-corrected chi connectivity index (χ0v) is 4.41. The average molecular weight is 88.1 g/mol. The van der Waals surface area contributed by atoms with Crippen LogP contribution in [0.2, 0.25) is 0 Å². The van der Waals surface area contributed by atoms with Gasteiger partial charge in [-0.1, -0.05) is 0 Å². The van der Waals surface area contributed by atoms with Gasteiger partial charge in [0, 0.05) is 7.11 Å². The summed E-state index contributed by atoms with van der Waals surface area (Å²) in [7, 11) is 1.52. The minimum Gasteiger partial charge on any atom is -0.363 e. The second-order valence-corrected chi connectivity index (χ2v) is 1.71. The van der Waals surface area contributed by atoms with Crippen molar-refractivity contribution < 1.29 is 4.74 Å². The molecule has 37 valence electrons. The minimum atomic E-state index is -0.708. The Hall–Kier alpha value is -0.0800. The third-order valence-corrected chi connectivity index (χ3v) is 0.510. The van der Waals surface area contributed by atoms with Crippen molar-refractivity contribution in [2.75, 3.05) is 7.11 Å². The van der Waals surface area contributed by atoms with Gasteiger partial charge in [-0.25, -0.2) is 5.73 Å². The Morgan fingerprint density at radius 1 is 1.50 bits per heavy atom. The first-order valence-electron chi connectivity index (χ1n) is 1.86. The third kappa shape index (κ3) is 3.92. The van der Waals surface area contributed by atoms with Crippen molar-refractivity contribution in [2.45, 2.75) is 19.6 Å². The second-order valence-electron chi connectivity index (χ2n) is 1.71. The van der Waals surface area contributed by atoms with Gasteiger partial charge in [-0.05, 0) is 13.8 Å². The molecule has 0 fully saturated rings. The van der Waals surface area contributed by atoms with Crippen LogP contribution in [0.15, 0.2) is 0 Å². The number of hydrogen-bond acceptors (Lipinski definition) is 1. The smallest absolute Gasteiger partial charge is 0.125 e. The highest BCUT2D eigenvalue weighted by atomic mass is 16.5. The molecular formula is C4H10NO. The summed E-state index contributed by atoms with van der Waals surface area (Å²) in [6.07, 6.45) is 0. The third-order valence-electron chi connectivity index (χ3n) is 0.510. The maximum Gasteiger partial charge on any atom is 0.125 e. The highest BCUT2D eigenvalue weighted by molar-refractivity contribution is 4.51. The topological polar surface area (TPSA) is 33.0 Å². The largest absolute Gasteiger partial charge is 0.363 e. The summed E-state index contributed by atoms with van der Waals surface area (Å²) < 4.78 is 4.60. The van der Waals surface area contributed by atoms with Gasteiger partial charge in [0.1, 0.15) is 5.72 Å². The van der Waals surface area contributed by atoms with Gasteiger partial charge in [0.2, 0.25) is 0 Å². The summed E-state index contributed by atoms with van der Waals surface area (Å²) in [6, 6.07) is 0. The molecule has 0 saturated heterocycles. The average Bonchev–Trinajstić information content (AvgIpc) is 1.35. The fraction of sp³-hybridized carbons (Fsp3) is 1.00. The highest BCUT2D eigenvalue weighted by Crippen LogP contribution is 1.96. The van der Waals surface area contributed by atoms with Gasteiger partial charge in [-0.3, -0.25) is 0 Å². The van der Waals surface area contributed by atoms with Crippen LogP contribution in [0.25, 0.3) is 0 Å². The molecule has 0 aliphatic heterocycles. The van der Waals surface area contributed by atoms with Gasteiger partial charge in [-0.2, -0.15) is 0 Å². The molecule has 0 atom stereocenters. The monoisotopic (exact) mass is 88.1 g/mol. The maximum atomic E-state index is 6.96. The lowest BCUT2D eigenvalue weighted by Crippen LogP contribution is -2.22. The van der Waals surface area contributed by atoms with E-state index in [4.69, 9.17) is 5.73 Å².